The van der Waals surface area contributed by atoms with Crippen LogP contribution in [0.5, 0.6) is 0 Å². The van der Waals surface area contributed by atoms with E-state index in [1.807, 2.05) is 0 Å². The molecular weight excluding hydrogens is 334 g/mol. The Hall–Kier alpha value is -2.19. The number of aromatic nitrogens is 2. The summed E-state index contributed by atoms with van der Waals surface area (Å²) in [6.07, 6.45) is 4.17. The number of piperidine rings is 1. The van der Waals surface area contributed by atoms with Crippen molar-refractivity contribution in [1.29, 1.82) is 0 Å². The van der Waals surface area contributed by atoms with Crippen molar-refractivity contribution in [3.05, 3.63) is 34.0 Å². The number of nitrogens with zero attached hydrogens (tertiary/aromatic N) is 2. The van der Waals surface area contributed by atoms with Crippen molar-refractivity contribution >= 4 is 34.9 Å². The largest absolute Gasteiger partial charge is 0.348 e. The first-order valence-electron chi connectivity index (χ1n) is 7.79. The van der Waals surface area contributed by atoms with Crippen LogP contribution in [-0.4, -0.2) is 39.2 Å². The van der Waals surface area contributed by atoms with Gasteiger partial charge < -0.3 is 10.6 Å². The topological polar surface area (TPSA) is 113 Å². The SMILES string of the molecule is Cl.O=C(NC1CC2CCC(C1)N2)c1n[nH]c2ccc([N+](=O)[O-])cc12. The summed E-state index contributed by atoms with van der Waals surface area (Å²) in [7, 11) is 0. The molecule has 0 spiro atoms. The highest BCUT2D eigenvalue weighted by molar-refractivity contribution is 6.05. The molecule has 4 rings (SSSR count). The molecule has 2 atom stereocenters. The van der Waals surface area contributed by atoms with Crippen LogP contribution >= 0.6 is 12.4 Å². The maximum Gasteiger partial charge on any atom is 0.272 e. The van der Waals surface area contributed by atoms with E-state index in [0.717, 1.165) is 25.7 Å². The number of nitro benzene ring substituents is 1. The first-order chi connectivity index (χ1) is 11.1. The number of nitro groups is 1. The van der Waals surface area contributed by atoms with E-state index < -0.39 is 4.92 Å². The molecule has 2 aliphatic rings. The molecule has 0 aliphatic carbocycles. The molecule has 0 radical (unpaired) electrons. The van der Waals surface area contributed by atoms with E-state index in [-0.39, 0.29) is 35.7 Å². The number of non-ortho nitro benzene ring substituents is 1. The summed E-state index contributed by atoms with van der Waals surface area (Å²) in [4.78, 5) is 23.0. The highest BCUT2D eigenvalue weighted by Gasteiger charge is 2.34. The van der Waals surface area contributed by atoms with Crippen LogP contribution in [0, 0.1) is 10.1 Å². The number of hydrogen-bond acceptors (Lipinski definition) is 5. The van der Waals surface area contributed by atoms with Gasteiger partial charge in [-0.1, -0.05) is 0 Å². The molecule has 1 aromatic heterocycles. The Bertz CT molecular complexity index is 781. The quantitative estimate of drug-likeness (QED) is 0.577. The molecule has 9 heteroatoms. The molecule has 2 bridgehead atoms. The van der Waals surface area contributed by atoms with E-state index in [0.29, 0.717) is 23.0 Å². The summed E-state index contributed by atoms with van der Waals surface area (Å²) in [5, 5.41) is 24.7. The number of fused-ring (bicyclic) bond motifs is 3. The molecule has 1 aromatic carbocycles. The summed E-state index contributed by atoms with van der Waals surface area (Å²) in [5.74, 6) is -0.275. The Morgan fingerprint density at radius 3 is 2.67 bits per heavy atom. The minimum atomic E-state index is -0.474. The highest BCUT2D eigenvalue weighted by Crippen LogP contribution is 2.27. The van der Waals surface area contributed by atoms with Crippen molar-refractivity contribution < 1.29 is 9.72 Å². The van der Waals surface area contributed by atoms with Crippen molar-refractivity contribution in [2.24, 2.45) is 0 Å². The van der Waals surface area contributed by atoms with Crippen LogP contribution < -0.4 is 10.6 Å². The number of carbonyl (C=O) groups excluding carboxylic acids is 1. The fourth-order valence-corrected chi connectivity index (χ4v) is 3.72. The number of rotatable bonds is 3. The fraction of sp³-hybridized carbons (Fsp3) is 0.467. The van der Waals surface area contributed by atoms with E-state index in [9.17, 15) is 14.9 Å². The standard InChI is InChI=1S/C15H17N5O3.ClH/c21-15(17-10-5-8-1-2-9(6-10)16-8)14-12-7-11(20(22)23)3-4-13(12)18-19-14;/h3-4,7-10,16H,1-2,5-6H2,(H,17,21)(H,18,19);1H. The second kappa shape index (κ2) is 6.37. The molecule has 24 heavy (non-hydrogen) atoms. The Morgan fingerprint density at radius 1 is 1.29 bits per heavy atom. The Kier molecular flexibility index (Phi) is 4.42. The Morgan fingerprint density at radius 2 is 2.00 bits per heavy atom. The molecule has 128 valence electrons. The summed E-state index contributed by atoms with van der Waals surface area (Å²) >= 11 is 0. The lowest BCUT2D eigenvalue weighted by Crippen LogP contribution is -2.48. The number of hydrogen-bond donors (Lipinski definition) is 3. The molecule has 2 aromatic rings. The molecule has 2 fully saturated rings. The minimum Gasteiger partial charge on any atom is -0.348 e. The van der Waals surface area contributed by atoms with Gasteiger partial charge >= 0.3 is 0 Å². The van der Waals surface area contributed by atoms with Gasteiger partial charge in [-0.25, -0.2) is 0 Å². The molecule has 8 nitrogen and oxygen atoms in total. The number of benzene rings is 1. The lowest BCUT2D eigenvalue weighted by molar-refractivity contribution is -0.384. The van der Waals surface area contributed by atoms with Crippen LogP contribution in [0.4, 0.5) is 5.69 Å². The van der Waals surface area contributed by atoms with E-state index in [1.54, 1.807) is 6.07 Å². The van der Waals surface area contributed by atoms with Gasteiger partial charge in [-0.3, -0.25) is 20.0 Å². The van der Waals surface area contributed by atoms with Gasteiger partial charge in [0.25, 0.3) is 11.6 Å². The molecular formula is C15H18ClN5O3. The molecule has 0 saturated carbocycles. The van der Waals surface area contributed by atoms with Crippen molar-refractivity contribution in [3.63, 3.8) is 0 Å². The smallest absolute Gasteiger partial charge is 0.272 e. The lowest BCUT2D eigenvalue weighted by atomic mass is 9.99. The summed E-state index contributed by atoms with van der Waals surface area (Å²) < 4.78 is 0. The first-order valence-corrected chi connectivity index (χ1v) is 7.79. The van der Waals surface area contributed by atoms with E-state index in [2.05, 4.69) is 20.8 Å². The van der Waals surface area contributed by atoms with Gasteiger partial charge in [0.1, 0.15) is 0 Å². The maximum absolute atomic E-state index is 12.5. The second-order valence-electron chi connectivity index (χ2n) is 6.34. The molecule has 1 amide bonds. The Balaban J connectivity index is 0.00000169. The van der Waals surface area contributed by atoms with Gasteiger partial charge in [0.2, 0.25) is 0 Å². The summed E-state index contributed by atoms with van der Waals surface area (Å²) in [5.41, 5.74) is 0.786. The van der Waals surface area contributed by atoms with E-state index in [1.165, 1.54) is 12.1 Å². The third-order valence-electron chi connectivity index (χ3n) is 4.78. The zero-order chi connectivity index (χ0) is 16.0. The third-order valence-corrected chi connectivity index (χ3v) is 4.78. The number of aromatic amines is 1. The monoisotopic (exact) mass is 351 g/mol. The van der Waals surface area contributed by atoms with Crippen molar-refractivity contribution in [1.82, 2.24) is 20.8 Å². The van der Waals surface area contributed by atoms with Crippen molar-refractivity contribution in [2.75, 3.05) is 0 Å². The number of H-pyrrole nitrogens is 1. The minimum absolute atomic E-state index is 0. The normalized spacial score (nSPS) is 25.2. The molecule has 2 saturated heterocycles. The lowest BCUT2D eigenvalue weighted by Gasteiger charge is -2.29. The second-order valence-corrected chi connectivity index (χ2v) is 6.34. The first kappa shape index (κ1) is 16.7. The average molecular weight is 352 g/mol. The van der Waals surface area contributed by atoms with Crippen LogP contribution in [0.2, 0.25) is 0 Å². The zero-order valence-electron chi connectivity index (χ0n) is 12.8. The molecule has 2 aliphatic heterocycles. The van der Waals surface area contributed by atoms with Crippen molar-refractivity contribution in [2.45, 2.75) is 43.8 Å². The predicted molar refractivity (Wildman–Crippen MR) is 90.4 cm³/mol. The molecule has 3 heterocycles. The zero-order valence-corrected chi connectivity index (χ0v) is 13.6. The van der Waals surface area contributed by atoms with Crippen LogP contribution in [0.3, 0.4) is 0 Å². The predicted octanol–water partition coefficient (Wildman–Crippen LogP) is 1.91. The van der Waals surface area contributed by atoms with Gasteiger partial charge in [-0.2, -0.15) is 5.10 Å². The van der Waals surface area contributed by atoms with Gasteiger partial charge in [-0.05, 0) is 31.7 Å². The highest BCUT2D eigenvalue weighted by atomic mass is 35.5. The maximum atomic E-state index is 12.5. The number of amides is 1. The van der Waals surface area contributed by atoms with Gasteiger partial charge in [0.05, 0.1) is 10.4 Å². The fourth-order valence-electron chi connectivity index (χ4n) is 3.72. The van der Waals surface area contributed by atoms with Crippen molar-refractivity contribution in [3.8, 4) is 0 Å². The van der Waals surface area contributed by atoms with Gasteiger partial charge in [0.15, 0.2) is 5.69 Å². The van der Waals surface area contributed by atoms with Gasteiger partial charge in [0, 0.05) is 35.6 Å². The number of carbonyl (C=O) groups is 1. The van der Waals surface area contributed by atoms with E-state index in [4.69, 9.17) is 0 Å². The Labute approximate surface area is 143 Å². The van der Waals surface area contributed by atoms with Crippen LogP contribution in [-0.2, 0) is 0 Å². The molecule has 2 unspecified atom stereocenters. The van der Waals surface area contributed by atoms with E-state index >= 15 is 0 Å². The summed E-state index contributed by atoms with van der Waals surface area (Å²) in [6.45, 7) is 0. The average Bonchev–Trinajstić information content (AvgIpc) is 3.09. The van der Waals surface area contributed by atoms with Crippen LogP contribution in [0.15, 0.2) is 18.2 Å². The number of halogens is 1. The number of nitrogens with one attached hydrogen (secondary N) is 3. The third kappa shape index (κ3) is 2.94. The summed E-state index contributed by atoms with van der Waals surface area (Å²) in [6, 6.07) is 5.45. The van der Waals surface area contributed by atoms with Gasteiger partial charge in [-0.15, -0.1) is 12.4 Å². The van der Waals surface area contributed by atoms with Crippen LogP contribution in [0.1, 0.15) is 36.2 Å². The molecule has 3 N–H and O–H groups in total. The van der Waals surface area contributed by atoms with Crippen LogP contribution in [0.25, 0.3) is 10.9 Å².